The fraction of sp³-hybridized carbons (Fsp3) is 0.800. The van der Waals surface area contributed by atoms with Crippen LogP contribution >= 0.6 is 0 Å². The van der Waals surface area contributed by atoms with Gasteiger partial charge in [0.15, 0.2) is 5.78 Å². The van der Waals surface area contributed by atoms with Crippen molar-refractivity contribution in [3.8, 4) is 0 Å². The molecule has 5 heteroatoms. The molecule has 0 rings (SSSR count). The number of nitrogens with two attached hydrogens (primary N) is 3. The molecule has 0 aromatic rings. The average molecular weight is 215 g/mol. The molecule has 0 aliphatic rings. The Balaban J connectivity index is 4.02. The third-order valence-electron chi connectivity index (χ3n) is 2.40. The highest BCUT2D eigenvalue weighted by Crippen LogP contribution is 2.10. The lowest BCUT2D eigenvalue weighted by Gasteiger charge is -2.17. The number of hydrogen-bond acceptors (Lipinski definition) is 5. The van der Waals surface area contributed by atoms with E-state index in [1.165, 1.54) is 0 Å². The van der Waals surface area contributed by atoms with Gasteiger partial charge in [0.05, 0.1) is 6.04 Å². The number of carbonyl (C=O) groups excluding carboxylic acids is 2. The summed E-state index contributed by atoms with van der Waals surface area (Å²) >= 11 is 0. The largest absolute Gasteiger partial charge is 0.330 e. The number of hydrogen-bond donors (Lipinski definition) is 3. The molecule has 0 aromatic heterocycles. The summed E-state index contributed by atoms with van der Waals surface area (Å²) < 4.78 is 0. The lowest BCUT2D eigenvalue weighted by Crippen LogP contribution is -2.39. The third-order valence-corrected chi connectivity index (χ3v) is 2.40. The average Bonchev–Trinajstić information content (AvgIpc) is 2.24. The highest BCUT2D eigenvalue weighted by atomic mass is 16.1. The second kappa shape index (κ2) is 8.52. The first-order chi connectivity index (χ1) is 7.17. The summed E-state index contributed by atoms with van der Waals surface area (Å²) in [6.07, 6.45) is 3.12. The number of carbonyl (C=O) groups is 2. The molecule has 15 heavy (non-hydrogen) atoms. The molecule has 0 saturated heterocycles. The monoisotopic (exact) mass is 215 g/mol. The van der Waals surface area contributed by atoms with Crippen molar-refractivity contribution in [2.45, 2.75) is 31.7 Å². The van der Waals surface area contributed by atoms with E-state index in [1.807, 2.05) is 0 Å². The van der Waals surface area contributed by atoms with Crippen LogP contribution in [0.15, 0.2) is 0 Å². The van der Waals surface area contributed by atoms with Crippen LogP contribution in [0, 0.1) is 5.92 Å². The third kappa shape index (κ3) is 5.61. The maximum atomic E-state index is 11.7. The van der Waals surface area contributed by atoms with Crippen molar-refractivity contribution in [1.29, 1.82) is 0 Å². The molecule has 0 aliphatic carbocycles. The van der Waals surface area contributed by atoms with Crippen LogP contribution < -0.4 is 17.2 Å². The van der Waals surface area contributed by atoms with E-state index < -0.39 is 6.04 Å². The summed E-state index contributed by atoms with van der Waals surface area (Å²) in [5.41, 5.74) is 16.5. The second-order valence-electron chi connectivity index (χ2n) is 3.62. The van der Waals surface area contributed by atoms with Crippen LogP contribution in [0.1, 0.15) is 25.7 Å². The lowest BCUT2D eigenvalue weighted by atomic mass is 9.92. The van der Waals surface area contributed by atoms with Gasteiger partial charge in [0, 0.05) is 18.9 Å². The molecule has 0 heterocycles. The molecule has 2 unspecified atom stereocenters. The number of ketones is 1. The molecule has 0 radical (unpaired) electrons. The zero-order valence-corrected chi connectivity index (χ0v) is 9.02. The summed E-state index contributed by atoms with van der Waals surface area (Å²) in [6.45, 7) is 0.689. The molecule has 0 bridgehead atoms. The number of Topliss-reactive ketones (excluding diaryl/α,β-unsaturated/α-hetero) is 1. The van der Waals surface area contributed by atoms with Gasteiger partial charge in [0.25, 0.3) is 0 Å². The van der Waals surface area contributed by atoms with Crippen LogP contribution in [-0.4, -0.2) is 31.2 Å². The van der Waals surface area contributed by atoms with Crippen molar-refractivity contribution in [3.05, 3.63) is 0 Å². The van der Waals surface area contributed by atoms with E-state index >= 15 is 0 Å². The van der Waals surface area contributed by atoms with Gasteiger partial charge in [-0.1, -0.05) is 0 Å². The fourth-order valence-corrected chi connectivity index (χ4v) is 1.45. The highest BCUT2D eigenvalue weighted by molar-refractivity contribution is 5.86. The van der Waals surface area contributed by atoms with Crippen molar-refractivity contribution < 1.29 is 9.59 Å². The first-order valence-corrected chi connectivity index (χ1v) is 5.30. The minimum Gasteiger partial charge on any atom is -0.330 e. The van der Waals surface area contributed by atoms with E-state index in [1.54, 1.807) is 0 Å². The molecular formula is C10H21N3O2. The molecule has 6 N–H and O–H groups in total. The number of rotatable bonds is 9. The zero-order chi connectivity index (χ0) is 11.7. The van der Waals surface area contributed by atoms with Crippen LogP contribution in [0.4, 0.5) is 0 Å². The fourth-order valence-electron chi connectivity index (χ4n) is 1.45. The molecule has 0 amide bonds. The molecule has 88 valence electrons. The van der Waals surface area contributed by atoms with Crippen LogP contribution in [0.3, 0.4) is 0 Å². The topological polar surface area (TPSA) is 112 Å². The van der Waals surface area contributed by atoms with Crippen molar-refractivity contribution in [2.24, 2.45) is 23.1 Å². The molecular weight excluding hydrogens is 194 g/mol. The van der Waals surface area contributed by atoms with Gasteiger partial charge < -0.3 is 22.0 Å². The second-order valence-corrected chi connectivity index (χ2v) is 3.62. The van der Waals surface area contributed by atoms with Gasteiger partial charge in [-0.3, -0.25) is 4.79 Å². The Bertz CT molecular complexity index is 197. The Morgan fingerprint density at radius 1 is 1.27 bits per heavy atom. The first kappa shape index (κ1) is 14.2. The summed E-state index contributed by atoms with van der Waals surface area (Å²) in [5.74, 6) is -0.264. The maximum absolute atomic E-state index is 11.7. The summed E-state index contributed by atoms with van der Waals surface area (Å²) in [7, 11) is 0. The molecule has 5 nitrogen and oxygen atoms in total. The standard InChI is InChI=1S/C10H21N3O2/c11-5-4-9(13)10(15)8(7-12)3-1-2-6-14/h6,8-9H,1-5,7,11-13H2. The van der Waals surface area contributed by atoms with E-state index in [4.69, 9.17) is 17.2 Å². The Morgan fingerprint density at radius 2 is 1.93 bits per heavy atom. The number of unbranched alkanes of at least 4 members (excludes halogenated alkanes) is 1. The zero-order valence-electron chi connectivity index (χ0n) is 9.02. The van der Waals surface area contributed by atoms with Gasteiger partial charge in [0.2, 0.25) is 0 Å². The summed E-state index contributed by atoms with van der Waals surface area (Å²) in [6, 6.07) is -0.514. The van der Waals surface area contributed by atoms with Crippen LogP contribution in [-0.2, 0) is 9.59 Å². The highest BCUT2D eigenvalue weighted by Gasteiger charge is 2.21. The molecule has 0 aromatic carbocycles. The van der Waals surface area contributed by atoms with E-state index in [0.717, 1.165) is 6.29 Å². The van der Waals surface area contributed by atoms with Crippen LogP contribution in [0.5, 0.6) is 0 Å². The SMILES string of the molecule is NCCC(N)C(=O)C(CN)CCCC=O. The van der Waals surface area contributed by atoms with Gasteiger partial charge in [-0.25, -0.2) is 0 Å². The Hall–Kier alpha value is -0.780. The molecule has 0 spiro atoms. The summed E-state index contributed by atoms with van der Waals surface area (Å²) in [4.78, 5) is 21.8. The molecule has 0 saturated carbocycles. The van der Waals surface area contributed by atoms with Gasteiger partial charge in [0.1, 0.15) is 6.29 Å². The predicted octanol–water partition coefficient (Wildman–Crippen LogP) is -0.824. The smallest absolute Gasteiger partial charge is 0.153 e. The minimum atomic E-state index is -0.514. The van der Waals surface area contributed by atoms with Crippen molar-refractivity contribution >= 4 is 12.1 Å². The van der Waals surface area contributed by atoms with Crippen LogP contribution in [0.2, 0.25) is 0 Å². The van der Waals surface area contributed by atoms with Gasteiger partial charge >= 0.3 is 0 Å². The molecule has 0 aliphatic heterocycles. The Morgan fingerprint density at radius 3 is 2.40 bits per heavy atom. The van der Waals surface area contributed by atoms with Crippen molar-refractivity contribution in [3.63, 3.8) is 0 Å². The van der Waals surface area contributed by atoms with Crippen LogP contribution in [0.25, 0.3) is 0 Å². The predicted molar refractivity (Wildman–Crippen MR) is 59.1 cm³/mol. The van der Waals surface area contributed by atoms with Gasteiger partial charge in [-0.05, 0) is 25.8 Å². The Labute approximate surface area is 90.4 Å². The lowest BCUT2D eigenvalue weighted by molar-refractivity contribution is -0.124. The van der Waals surface area contributed by atoms with Gasteiger partial charge in [-0.15, -0.1) is 0 Å². The van der Waals surface area contributed by atoms with E-state index in [-0.39, 0.29) is 18.2 Å². The maximum Gasteiger partial charge on any atom is 0.153 e. The molecule has 0 fully saturated rings. The summed E-state index contributed by atoms with van der Waals surface area (Å²) in [5, 5.41) is 0. The van der Waals surface area contributed by atoms with Gasteiger partial charge in [-0.2, -0.15) is 0 Å². The minimum absolute atomic E-state index is 0.0335. The van der Waals surface area contributed by atoms with E-state index in [0.29, 0.717) is 32.2 Å². The Kier molecular flexibility index (Phi) is 8.08. The molecule has 2 atom stereocenters. The normalized spacial score (nSPS) is 14.6. The van der Waals surface area contributed by atoms with E-state index in [9.17, 15) is 9.59 Å². The first-order valence-electron chi connectivity index (χ1n) is 5.30. The van der Waals surface area contributed by atoms with E-state index in [2.05, 4.69) is 0 Å². The van der Waals surface area contributed by atoms with Crippen molar-refractivity contribution in [2.75, 3.05) is 13.1 Å². The quantitative estimate of drug-likeness (QED) is 0.343. The number of aldehydes is 1. The van der Waals surface area contributed by atoms with Crippen molar-refractivity contribution in [1.82, 2.24) is 0 Å².